The predicted molar refractivity (Wildman–Crippen MR) is 60.9 cm³/mol. The first-order chi connectivity index (χ1) is 7.63. The molecule has 5 heteroatoms. The van der Waals surface area contributed by atoms with Gasteiger partial charge in [-0.1, -0.05) is 30.3 Å². The molecule has 16 heavy (non-hydrogen) atoms. The Hall–Kier alpha value is -1.33. The zero-order valence-electron chi connectivity index (χ0n) is 8.97. The van der Waals surface area contributed by atoms with Crippen molar-refractivity contribution in [3.63, 3.8) is 0 Å². The van der Waals surface area contributed by atoms with Crippen molar-refractivity contribution >= 4 is 22.1 Å². The quantitative estimate of drug-likeness (QED) is 0.787. The number of nitrogens with zero attached hydrogens (tertiary/aromatic N) is 1. The monoisotopic (exact) mass is 237 g/mol. The average molecular weight is 237 g/mol. The molecule has 1 heterocycles. The van der Waals surface area contributed by atoms with E-state index in [1.165, 1.54) is 12.0 Å². The number of thioether (sulfide) groups is 1. The largest absolute Gasteiger partial charge is 0.348 e. The van der Waals surface area contributed by atoms with Crippen LogP contribution in [-0.2, 0) is 15.3 Å². The molecular formula is C11H11NO3S. The van der Waals surface area contributed by atoms with E-state index in [9.17, 15) is 9.59 Å². The summed E-state index contributed by atoms with van der Waals surface area (Å²) in [6.07, 6.45) is 0. The summed E-state index contributed by atoms with van der Waals surface area (Å²) in [5, 5.41) is -0.593. The van der Waals surface area contributed by atoms with Crippen LogP contribution in [0, 0.1) is 0 Å². The minimum absolute atomic E-state index is 0.296. The van der Waals surface area contributed by atoms with Crippen molar-refractivity contribution in [3.8, 4) is 0 Å². The van der Waals surface area contributed by atoms with Crippen molar-refractivity contribution in [2.24, 2.45) is 0 Å². The molecule has 1 atom stereocenters. The van der Waals surface area contributed by atoms with E-state index in [-0.39, 0.29) is 10.4 Å². The molecule has 84 valence electrons. The number of amides is 1. The maximum atomic E-state index is 11.9. The summed E-state index contributed by atoms with van der Waals surface area (Å²) >= 11 is 0.678. The molecule has 1 aliphatic rings. The molecule has 1 unspecified atom stereocenters. The molecule has 1 fully saturated rings. The SMILES string of the molecule is COC1(c2ccccc2)C(=O)SC(=O)N1C. The highest BCUT2D eigenvalue weighted by Gasteiger charge is 2.53. The van der Waals surface area contributed by atoms with E-state index in [0.29, 0.717) is 17.3 Å². The van der Waals surface area contributed by atoms with Crippen molar-refractivity contribution < 1.29 is 14.3 Å². The van der Waals surface area contributed by atoms with Crippen LogP contribution < -0.4 is 0 Å². The summed E-state index contributed by atoms with van der Waals surface area (Å²) in [5.41, 5.74) is -0.605. The van der Waals surface area contributed by atoms with Gasteiger partial charge >= 0.3 is 0 Å². The Morgan fingerprint density at radius 2 is 1.88 bits per heavy atom. The lowest BCUT2D eigenvalue weighted by Gasteiger charge is -2.31. The van der Waals surface area contributed by atoms with Crippen LogP contribution in [-0.4, -0.2) is 29.4 Å². The fraction of sp³-hybridized carbons (Fsp3) is 0.273. The lowest BCUT2D eigenvalue weighted by atomic mass is 10.0. The van der Waals surface area contributed by atoms with E-state index in [1.807, 2.05) is 18.2 Å². The summed E-state index contributed by atoms with van der Waals surface area (Å²) in [6.45, 7) is 0. The summed E-state index contributed by atoms with van der Waals surface area (Å²) < 4.78 is 5.31. The third kappa shape index (κ3) is 1.36. The van der Waals surface area contributed by atoms with Gasteiger partial charge in [0.2, 0.25) is 5.72 Å². The summed E-state index contributed by atoms with van der Waals surface area (Å²) in [6, 6.07) is 9.02. The molecule has 1 amide bonds. The second-order valence-electron chi connectivity index (χ2n) is 3.43. The maximum Gasteiger partial charge on any atom is 0.292 e. The highest BCUT2D eigenvalue weighted by Crippen LogP contribution is 2.41. The molecule has 0 aromatic heterocycles. The number of carbonyl (C=O) groups is 2. The average Bonchev–Trinajstić information content (AvgIpc) is 2.52. The van der Waals surface area contributed by atoms with E-state index in [0.717, 1.165) is 0 Å². The van der Waals surface area contributed by atoms with Gasteiger partial charge in [0.05, 0.1) is 0 Å². The Balaban J connectivity index is 2.56. The zero-order chi connectivity index (χ0) is 11.8. The van der Waals surface area contributed by atoms with E-state index < -0.39 is 5.72 Å². The number of benzene rings is 1. The highest BCUT2D eigenvalue weighted by atomic mass is 32.2. The van der Waals surface area contributed by atoms with E-state index in [2.05, 4.69) is 0 Å². The van der Waals surface area contributed by atoms with Crippen molar-refractivity contribution in [3.05, 3.63) is 35.9 Å². The molecule has 4 nitrogen and oxygen atoms in total. The van der Waals surface area contributed by atoms with Gasteiger partial charge in [-0.2, -0.15) is 0 Å². The summed E-state index contributed by atoms with van der Waals surface area (Å²) in [4.78, 5) is 24.8. The second-order valence-corrected chi connectivity index (χ2v) is 4.35. The smallest absolute Gasteiger partial charge is 0.292 e. The predicted octanol–water partition coefficient (Wildman–Crippen LogP) is 1.81. The van der Waals surface area contributed by atoms with Crippen LogP contribution in [0.5, 0.6) is 0 Å². The molecule has 2 rings (SSSR count). The van der Waals surface area contributed by atoms with Gasteiger partial charge in [0, 0.05) is 31.5 Å². The molecule has 1 aromatic rings. The minimum Gasteiger partial charge on any atom is -0.348 e. The molecule has 0 aliphatic carbocycles. The minimum atomic E-state index is -1.27. The molecule has 0 radical (unpaired) electrons. The van der Waals surface area contributed by atoms with Crippen LogP contribution >= 0.6 is 11.8 Å². The van der Waals surface area contributed by atoms with Crippen molar-refractivity contribution in [1.29, 1.82) is 0 Å². The van der Waals surface area contributed by atoms with Gasteiger partial charge in [-0.25, -0.2) is 0 Å². The number of ether oxygens (including phenoxy) is 1. The Morgan fingerprint density at radius 1 is 1.25 bits per heavy atom. The number of carbonyl (C=O) groups excluding carboxylic acids is 2. The van der Waals surface area contributed by atoms with Gasteiger partial charge in [-0.05, 0) is 0 Å². The van der Waals surface area contributed by atoms with Crippen molar-refractivity contribution in [1.82, 2.24) is 4.90 Å². The first kappa shape index (κ1) is 11.2. The molecule has 0 saturated carbocycles. The van der Waals surface area contributed by atoms with E-state index >= 15 is 0 Å². The van der Waals surface area contributed by atoms with Crippen LogP contribution in [0.4, 0.5) is 4.79 Å². The standard InChI is InChI=1S/C11H11NO3S/c1-12-10(14)16-9(13)11(12,15-2)8-6-4-3-5-7-8/h3-7H,1-2H3. The fourth-order valence-electron chi connectivity index (χ4n) is 1.80. The van der Waals surface area contributed by atoms with Gasteiger partial charge in [0.25, 0.3) is 10.4 Å². The van der Waals surface area contributed by atoms with Crippen molar-refractivity contribution in [2.45, 2.75) is 5.72 Å². The molecule has 0 spiro atoms. The second kappa shape index (κ2) is 3.92. The Bertz CT molecular complexity index is 434. The first-order valence-electron chi connectivity index (χ1n) is 4.73. The lowest BCUT2D eigenvalue weighted by Crippen LogP contribution is -2.46. The number of likely N-dealkylation sites (N-methyl/N-ethyl adjacent to an activating group) is 1. The van der Waals surface area contributed by atoms with Crippen LogP contribution in [0.3, 0.4) is 0 Å². The molecule has 1 aromatic carbocycles. The molecular weight excluding hydrogens is 226 g/mol. The Labute approximate surface area is 97.6 Å². The fourth-order valence-corrected chi connectivity index (χ4v) is 2.70. The first-order valence-corrected chi connectivity index (χ1v) is 5.55. The third-order valence-electron chi connectivity index (χ3n) is 2.66. The zero-order valence-corrected chi connectivity index (χ0v) is 9.78. The lowest BCUT2D eigenvalue weighted by molar-refractivity contribution is -0.148. The van der Waals surface area contributed by atoms with Crippen LogP contribution in [0.2, 0.25) is 0 Å². The number of rotatable bonds is 2. The van der Waals surface area contributed by atoms with Crippen LogP contribution in [0.25, 0.3) is 0 Å². The molecule has 1 aliphatic heterocycles. The molecule has 0 N–H and O–H groups in total. The topological polar surface area (TPSA) is 46.6 Å². The molecule has 1 saturated heterocycles. The Kier molecular flexibility index (Phi) is 2.73. The van der Waals surface area contributed by atoms with E-state index in [1.54, 1.807) is 19.2 Å². The normalized spacial score (nSPS) is 25.2. The Morgan fingerprint density at radius 3 is 2.31 bits per heavy atom. The number of methoxy groups -OCH3 is 1. The van der Waals surface area contributed by atoms with Crippen LogP contribution in [0.1, 0.15) is 5.56 Å². The third-order valence-corrected chi connectivity index (χ3v) is 3.57. The number of hydrogen-bond donors (Lipinski definition) is 0. The van der Waals surface area contributed by atoms with Gasteiger partial charge in [-0.15, -0.1) is 0 Å². The van der Waals surface area contributed by atoms with Gasteiger partial charge < -0.3 is 4.74 Å². The summed E-state index contributed by atoms with van der Waals surface area (Å²) in [5.74, 6) is 0. The highest BCUT2D eigenvalue weighted by molar-refractivity contribution is 8.26. The number of hydrogen-bond acceptors (Lipinski definition) is 4. The summed E-state index contributed by atoms with van der Waals surface area (Å²) in [7, 11) is 3.00. The van der Waals surface area contributed by atoms with E-state index in [4.69, 9.17) is 4.74 Å². The van der Waals surface area contributed by atoms with Gasteiger partial charge in [0.1, 0.15) is 0 Å². The van der Waals surface area contributed by atoms with Crippen molar-refractivity contribution in [2.75, 3.05) is 14.2 Å². The van der Waals surface area contributed by atoms with Gasteiger partial charge in [0.15, 0.2) is 0 Å². The van der Waals surface area contributed by atoms with Crippen LogP contribution in [0.15, 0.2) is 30.3 Å². The van der Waals surface area contributed by atoms with Gasteiger partial charge in [-0.3, -0.25) is 14.5 Å². The maximum absolute atomic E-state index is 11.9. The molecule has 0 bridgehead atoms.